The monoisotopic (exact) mass is 487 g/mol. The number of aliphatic hydroxyl groups excluding tert-OH is 1. The van der Waals surface area contributed by atoms with E-state index in [0.717, 1.165) is 63.3 Å². The zero-order chi connectivity index (χ0) is 25.4. The van der Waals surface area contributed by atoms with Crippen LogP contribution in [0.5, 0.6) is 0 Å². The quantitative estimate of drug-likeness (QED) is 0.447. The minimum atomic E-state index is -0.325. The first-order valence-electron chi connectivity index (χ1n) is 12.5. The van der Waals surface area contributed by atoms with E-state index in [1.54, 1.807) is 12.1 Å². The summed E-state index contributed by atoms with van der Waals surface area (Å²) in [6.45, 7) is 6.63. The van der Waals surface area contributed by atoms with Gasteiger partial charge in [-0.25, -0.2) is 4.58 Å². The van der Waals surface area contributed by atoms with Gasteiger partial charge in [-0.1, -0.05) is 0 Å². The van der Waals surface area contributed by atoms with Crippen molar-refractivity contribution in [1.29, 1.82) is 0 Å². The standard InChI is InChI=1S/C28H30N4O4/c1-17(33)29-23-15-19(31-11-3-4-12-31)7-9-21(23)25-27(35)26(28(25)36)22-10-8-20(32-13-5-6-14-32)16-24(22)30-18(2)34/h7-10,15-16H,3-6,11-14H2,1-2H3,(H2,29,30,33,34,35,36)/p+1. The molecule has 0 aromatic heterocycles. The highest BCUT2D eigenvalue weighted by Crippen LogP contribution is 2.43. The van der Waals surface area contributed by atoms with E-state index in [4.69, 9.17) is 0 Å². The van der Waals surface area contributed by atoms with E-state index in [-0.39, 0.29) is 34.5 Å². The molecule has 8 nitrogen and oxygen atoms in total. The van der Waals surface area contributed by atoms with Crippen LogP contribution in [-0.2, 0) is 14.4 Å². The summed E-state index contributed by atoms with van der Waals surface area (Å²) in [6, 6.07) is 5.57. The Balaban J connectivity index is 1.56. The molecule has 0 atom stereocenters. The summed E-state index contributed by atoms with van der Waals surface area (Å²) in [6.07, 6.45) is 10.0. The number of carbonyl (C=O) groups excluding carboxylic acids is 3. The van der Waals surface area contributed by atoms with E-state index in [1.807, 2.05) is 24.3 Å². The third-order valence-electron chi connectivity index (χ3n) is 7.04. The number of amides is 2. The maximum atomic E-state index is 13.4. The Labute approximate surface area is 210 Å². The number of ketones is 1. The average molecular weight is 488 g/mol. The number of aliphatic hydroxyl groups is 1. The molecule has 0 bridgehead atoms. The third-order valence-corrected chi connectivity index (χ3v) is 7.04. The zero-order valence-electron chi connectivity index (χ0n) is 20.7. The molecular weight excluding hydrogens is 456 g/mol. The van der Waals surface area contributed by atoms with Crippen molar-refractivity contribution in [2.45, 2.75) is 39.5 Å². The van der Waals surface area contributed by atoms with E-state index < -0.39 is 0 Å². The molecule has 0 spiro atoms. The number of anilines is 2. The molecule has 2 heterocycles. The van der Waals surface area contributed by atoms with Gasteiger partial charge in [0, 0.05) is 68.8 Å². The number of rotatable bonds is 4. The van der Waals surface area contributed by atoms with Crippen molar-refractivity contribution in [2.24, 2.45) is 0 Å². The minimum Gasteiger partial charge on any atom is -0.506 e. The second-order valence-corrected chi connectivity index (χ2v) is 9.64. The van der Waals surface area contributed by atoms with Gasteiger partial charge in [-0.3, -0.25) is 14.4 Å². The highest BCUT2D eigenvalue weighted by atomic mass is 16.3. The maximum absolute atomic E-state index is 13.4. The lowest BCUT2D eigenvalue weighted by molar-refractivity contribution is -0.504. The fourth-order valence-electron chi connectivity index (χ4n) is 5.33. The summed E-state index contributed by atoms with van der Waals surface area (Å²) in [5.41, 5.74) is 4.23. The van der Waals surface area contributed by atoms with Crippen LogP contribution in [0.25, 0.3) is 5.57 Å². The van der Waals surface area contributed by atoms with Gasteiger partial charge < -0.3 is 20.6 Å². The van der Waals surface area contributed by atoms with Gasteiger partial charge in [0.1, 0.15) is 18.8 Å². The van der Waals surface area contributed by atoms with Gasteiger partial charge in [0.25, 0.3) is 0 Å². The molecule has 8 heteroatoms. The molecule has 2 amide bonds. The predicted molar refractivity (Wildman–Crippen MR) is 139 cm³/mol. The molecule has 1 aromatic rings. The smallest absolute Gasteiger partial charge is 0.221 e. The summed E-state index contributed by atoms with van der Waals surface area (Å²) >= 11 is 0. The van der Waals surface area contributed by atoms with Crippen LogP contribution in [0.4, 0.5) is 11.4 Å². The number of nitrogens with zero attached hydrogens (tertiary/aromatic N) is 2. The Kier molecular flexibility index (Phi) is 6.35. The molecule has 0 saturated carbocycles. The predicted octanol–water partition coefficient (Wildman–Crippen LogP) is 3.23. The second kappa shape index (κ2) is 9.60. The molecular formula is C28H31N4O4+. The number of allylic oxidation sites excluding steroid dienone is 5. The Morgan fingerprint density at radius 3 is 2.28 bits per heavy atom. The van der Waals surface area contributed by atoms with Gasteiger partial charge in [0.2, 0.25) is 23.3 Å². The fraction of sp³-hybridized carbons (Fsp3) is 0.357. The third kappa shape index (κ3) is 4.39. The van der Waals surface area contributed by atoms with Gasteiger partial charge >= 0.3 is 0 Å². The first kappa shape index (κ1) is 23.8. The molecule has 4 aliphatic rings. The van der Waals surface area contributed by atoms with Crippen LogP contribution in [0.15, 0.2) is 59.0 Å². The molecule has 36 heavy (non-hydrogen) atoms. The summed E-state index contributed by atoms with van der Waals surface area (Å²) in [5.74, 6) is -0.970. The topological polar surface area (TPSA) is 102 Å². The van der Waals surface area contributed by atoms with Crippen LogP contribution in [-0.4, -0.2) is 59.2 Å². The van der Waals surface area contributed by atoms with E-state index in [2.05, 4.69) is 20.1 Å². The summed E-state index contributed by atoms with van der Waals surface area (Å²) in [5, 5.41) is 16.7. The lowest BCUT2D eigenvalue weighted by Crippen LogP contribution is -2.30. The van der Waals surface area contributed by atoms with Crippen molar-refractivity contribution >= 4 is 40.3 Å². The van der Waals surface area contributed by atoms with Crippen LogP contribution in [0, 0.1) is 0 Å². The first-order valence-corrected chi connectivity index (χ1v) is 12.5. The van der Waals surface area contributed by atoms with E-state index in [0.29, 0.717) is 22.5 Å². The summed E-state index contributed by atoms with van der Waals surface area (Å²) in [4.78, 5) is 39.5. The minimum absolute atomic E-state index is 0.138. The number of carbonyl (C=O) groups is 3. The van der Waals surface area contributed by atoms with Crippen LogP contribution in [0.1, 0.15) is 45.1 Å². The number of hydrogen-bond acceptors (Lipinski definition) is 5. The lowest BCUT2D eigenvalue weighted by Gasteiger charge is -2.28. The van der Waals surface area contributed by atoms with E-state index in [9.17, 15) is 19.5 Å². The Morgan fingerprint density at radius 1 is 0.944 bits per heavy atom. The number of Topliss-reactive ketones (excluding diaryl/α,β-unsaturated/α-hetero) is 1. The molecule has 2 aliphatic heterocycles. The largest absolute Gasteiger partial charge is 0.506 e. The highest BCUT2D eigenvalue weighted by Gasteiger charge is 2.39. The van der Waals surface area contributed by atoms with Crippen molar-refractivity contribution in [3.8, 4) is 0 Å². The highest BCUT2D eigenvalue weighted by molar-refractivity contribution is 6.40. The number of hydrogen-bond donors (Lipinski definition) is 3. The SMILES string of the molecule is CC(=O)NC1=CC(=[N+]2CCCC2)C=C/C1=C1/C(=O)C(c2ccc(N3CCCC3)cc2NC(C)=O)=C1O. The normalized spacial score (nSPS) is 21.7. The molecule has 2 fully saturated rings. The number of benzene rings is 1. The number of nitrogens with one attached hydrogen (secondary N) is 2. The second-order valence-electron chi connectivity index (χ2n) is 9.64. The van der Waals surface area contributed by atoms with Crippen molar-refractivity contribution in [1.82, 2.24) is 5.32 Å². The zero-order valence-corrected chi connectivity index (χ0v) is 20.7. The average Bonchev–Trinajstić information content (AvgIpc) is 3.55. The fourth-order valence-corrected chi connectivity index (χ4v) is 5.33. The first-order chi connectivity index (χ1) is 17.3. The van der Waals surface area contributed by atoms with Gasteiger partial charge in [0.05, 0.1) is 22.5 Å². The van der Waals surface area contributed by atoms with Crippen molar-refractivity contribution < 1.29 is 24.1 Å². The Morgan fingerprint density at radius 2 is 1.64 bits per heavy atom. The van der Waals surface area contributed by atoms with Gasteiger partial charge in [0.15, 0.2) is 0 Å². The molecule has 2 aliphatic carbocycles. The van der Waals surface area contributed by atoms with E-state index in [1.165, 1.54) is 13.8 Å². The van der Waals surface area contributed by atoms with Crippen molar-refractivity contribution in [3.63, 3.8) is 0 Å². The van der Waals surface area contributed by atoms with Gasteiger partial charge in [-0.2, -0.15) is 0 Å². The van der Waals surface area contributed by atoms with Crippen molar-refractivity contribution in [3.05, 3.63) is 64.6 Å². The van der Waals surface area contributed by atoms with Gasteiger partial charge in [-0.05, 0) is 37.1 Å². The molecule has 186 valence electrons. The molecule has 1 aromatic carbocycles. The van der Waals surface area contributed by atoms with Crippen molar-refractivity contribution in [2.75, 3.05) is 36.4 Å². The molecule has 0 radical (unpaired) electrons. The van der Waals surface area contributed by atoms with Crippen LogP contribution < -0.4 is 15.5 Å². The molecule has 5 rings (SSSR count). The van der Waals surface area contributed by atoms with Crippen LogP contribution in [0.2, 0.25) is 0 Å². The Bertz CT molecular complexity index is 1310. The van der Waals surface area contributed by atoms with Crippen LogP contribution in [0.3, 0.4) is 0 Å². The summed E-state index contributed by atoms with van der Waals surface area (Å²) in [7, 11) is 0. The summed E-state index contributed by atoms with van der Waals surface area (Å²) < 4.78 is 2.24. The Hall–Kier alpha value is -3.94. The van der Waals surface area contributed by atoms with Gasteiger partial charge in [-0.15, -0.1) is 0 Å². The van der Waals surface area contributed by atoms with E-state index >= 15 is 0 Å². The molecule has 3 N–H and O–H groups in total. The maximum Gasteiger partial charge on any atom is 0.221 e. The molecule has 2 saturated heterocycles. The lowest BCUT2D eigenvalue weighted by atomic mass is 9.78. The van der Waals surface area contributed by atoms with Crippen LogP contribution >= 0.6 is 0 Å². The molecule has 0 unspecified atom stereocenters.